The summed E-state index contributed by atoms with van der Waals surface area (Å²) in [5.74, 6) is -1.98. The molecule has 2 atom stereocenters. The maximum atomic E-state index is 12.9. The minimum atomic E-state index is -1.51. The molecular weight excluding hydrogens is 459 g/mol. The summed E-state index contributed by atoms with van der Waals surface area (Å²) >= 11 is 0. The molecule has 0 bridgehead atoms. The molecule has 2 aromatic carbocycles. The van der Waals surface area contributed by atoms with E-state index < -0.39 is 48.9 Å². The molecular formula is C25H27FN2O7. The maximum absolute atomic E-state index is 12.9. The summed E-state index contributed by atoms with van der Waals surface area (Å²) < 4.78 is 24.2. The molecule has 186 valence electrons. The number of likely N-dealkylation sites (tertiary alicyclic amines) is 1. The number of rotatable bonds is 10. The van der Waals surface area contributed by atoms with Crippen LogP contribution in [0.2, 0.25) is 0 Å². The molecule has 1 fully saturated rings. The summed E-state index contributed by atoms with van der Waals surface area (Å²) in [6.07, 6.45) is 0.124. The predicted octanol–water partition coefficient (Wildman–Crippen LogP) is 3.47. The van der Waals surface area contributed by atoms with Gasteiger partial charge in [-0.25, -0.2) is 9.18 Å². The molecule has 3 rings (SSSR count). The number of carbonyl (C=O) groups excluding carboxylic acids is 3. The fourth-order valence-corrected chi connectivity index (χ4v) is 3.76. The Kier molecular flexibility index (Phi) is 9.16. The van der Waals surface area contributed by atoms with Gasteiger partial charge in [0, 0.05) is 12.1 Å². The molecule has 0 radical (unpaired) electrons. The molecule has 9 nitrogen and oxygen atoms in total. The Hall–Kier alpha value is -3.95. The number of alkyl halides is 1. The number of nitrogens with one attached hydrogen (secondary N) is 1. The van der Waals surface area contributed by atoms with E-state index in [2.05, 4.69) is 5.32 Å². The highest BCUT2D eigenvalue weighted by atomic mass is 19.1. The van der Waals surface area contributed by atoms with Crippen LogP contribution in [0.15, 0.2) is 54.6 Å². The molecule has 10 heteroatoms. The van der Waals surface area contributed by atoms with E-state index in [0.29, 0.717) is 36.3 Å². The number of carbonyl (C=O) groups is 4. The highest BCUT2D eigenvalue weighted by Gasteiger charge is 2.35. The first-order valence-corrected chi connectivity index (χ1v) is 11.2. The number of piperidine rings is 1. The summed E-state index contributed by atoms with van der Waals surface area (Å²) in [5, 5.41) is 11.2. The fourth-order valence-electron chi connectivity index (χ4n) is 3.76. The molecule has 0 saturated carbocycles. The number of aliphatic carboxylic acids is 1. The minimum absolute atomic E-state index is 0.103. The first-order chi connectivity index (χ1) is 16.9. The Morgan fingerprint density at radius 1 is 1.06 bits per heavy atom. The molecule has 2 N–H and O–H groups in total. The molecule has 1 heterocycles. The van der Waals surface area contributed by atoms with Crippen molar-refractivity contribution in [3.8, 4) is 11.5 Å². The van der Waals surface area contributed by atoms with Crippen LogP contribution in [0.5, 0.6) is 11.5 Å². The second-order valence-corrected chi connectivity index (χ2v) is 8.04. The molecule has 0 aliphatic carbocycles. The third kappa shape index (κ3) is 7.26. The monoisotopic (exact) mass is 486 g/mol. The standard InChI is InChI=1S/C25H27FN2O7/c26-15-21(29)19(14-23(30)31)27-24(32)20-11-6-7-13-28(20)25(33)34-16-17-8-4-5-12-22(17)35-18-9-2-1-3-10-18/h1-5,8-10,12,19-20H,6-7,11,13-16H2,(H,27,32)(H,30,31)/t19-,20-/m0/s1. The number of nitrogens with zero attached hydrogens (tertiary/aromatic N) is 1. The molecule has 1 aliphatic heterocycles. The molecule has 0 spiro atoms. The second-order valence-electron chi connectivity index (χ2n) is 8.04. The van der Waals surface area contributed by atoms with Crippen LogP contribution < -0.4 is 10.1 Å². The van der Waals surface area contributed by atoms with Gasteiger partial charge in [0.15, 0.2) is 5.78 Å². The summed E-state index contributed by atoms with van der Waals surface area (Å²) in [4.78, 5) is 49.7. The summed E-state index contributed by atoms with van der Waals surface area (Å²) in [6.45, 7) is -1.26. The smallest absolute Gasteiger partial charge is 0.410 e. The van der Waals surface area contributed by atoms with Crippen LogP contribution in [0.1, 0.15) is 31.2 Å². The SMILES string of the molecule is O=C(O)C[C@H](NC(=O)[C@@H]1CCCCN1C(=O)OCc1ccccc1Oc1ccccc1)C(=O)CF. The van der Waals surface area contributed by atoms with Gasteiger partial charge in [-0.05, 0) is 37.5 Å². The van der Waals surface area contributed by atoms with Crippen molar-refractivity contribution >= 4 is 23.8 Å². The third-order valence-corrected chi connectivity index (χ3v) is 5.55. The van der Waals surface area contributed by atoms with Crippen molar-refractivity contribution in [2.45, 2.75) is 44.4 Å². The van der Waals surface area contributed by atoms with Crippen molar-refractivity contribution < 1.29 is 38.1 Å². The van der Waals surface area contributed by atoms with E-state index in [0.717, 1.165) is 0 Å². The number of carboxylic acids is 1. The zero-order valence-corrected chi connectivity index (χ0v) is 19.0. The van der Waals surface area contributed by atoms with Crippen LogP contribution in [-0.4, -0.2) is 59.1 Å². The van der Waals surface area contributed by atoms with Crippen molar-refractivity contribution in [1.29, 1.82) is 0 Å². The van der Waals surface area contributed by atoms with Gasteiger partial charge >= 0.3 is 12.1 Å². The van der Waals surface area contributed by atoms with E-state index in [-0.39, 0.29) is 13.2 Å². The van der Waals surface area contributed by atoms with Gasteiger partial charge in [0.25, 0.3) is 0 Å². The van der Waals surface area contributed by atoms with Gasteiger partial charge in [-0.1, -0.05) is 36.4 Å². The van der Waals surface area contributed by atoms with Gasteiger partial charge in [-0.2, -0.15) is 0 Å². The number of para-hydroxylation sites is 2. The van der Waals surface area contributed by atoms with Gasteiger partial charge in [-0.3, -0.25) is 19.3 Å². The average molecular weight is 486 g/mol. The molecule has 35 heavy (non-hydrogen) atoms. The molecule has 2 aromatic rings. The first-order valence-electron chi connectivity index (χ1n) is 11.2. The number of halogens is 1. The first kappa shape index (κ1) is 25.7. The number of carboxylic acid groups (broad SMARTS) is 1. The van der Waals surface area contributed by atoms with Crippen LogP contribution in [-0.2, 0) is 25.7 Å². The van der Waals surface area contributed by atoms with Crippen molar-refractivity contribution in [3.05, 3.63) is 60.2 Å². The number of benzene rings is 2. The molecule has 0 aromatic heterocycles. The normalized spacial score (nSPS) is 16.1. The quantitative estimate of drug-likeness (QED) is 0.527. The van der Waals surface area contributed by atoms with E-state index in [1.54, 1.807) is 36.4 Å². The molecule has 1 saturated heterocycles. The van der Waals surface area contributed by atoms with Crippen LogP contribution in [0, 0.1) is 0 Å². The Labute approximate surface area is 201 Å². The molecule has 0 unspecified atom stereocenters. The predicted molar refractivity (Wildman–Crippen MR) is 123 cm³/mol. The van der Waals surface area contributed by atoms with Crippen molar-refractivity contribution in [2.24, 2.45) is 0 Å². The molecule has 1 aliphatic rings. The second kappa shape index (κ2) is 12.5. The van der Waals surface area contributed by atoms with Crippen molar-refractivity contribution in [1.82, 2.24) is 10.2 Å². The Morgan fingerprint density at radius 2 is 1.77 bits per heavy atom. The average Bonchev–Trinajstić information content (AvgIpc) is 2.87. The zero-order valence-electron chi connectivity index (χ0n) is 19.0. The van der Waals surface area contributed by atoms with Gasteiger partial charge in [0.2, 0.25) is 5.91 Å². The Morgan fingerprint density at radius 3 is 2.49 bits per heavy atom. The Balaban J connectivity index is 1.65. The number of ether oxygens (including phenoxy) is 2. The molecule has 2 amide bonds. The van der Waals surface area contributed by atoms with Gasteiger partial charge in [0.05, 0.1) is 6.42 Å². The van der Waals surface area contributed by atoms with E-state index in [1.165, 1.54) is 4.90 Å². The van der Waals surface area contributed by atoms with Crippen LogP contribution >= 0.6 is 0 Å². The number of hydrogen-bond donors (Lipinski definition) is 2. The highest BCUT2D eigenvalue weighted by Crippen LogP contribution is 2.26. The maximum Gasteiger partial charge on any atom is 0.410 e. The van der Waals surface area contributed by atoms with E-state index in [4.69, 9.17) is 14.6 Å². The lowest BCUT2D eigenvalue weighted by atomic mass is 10.0. The zero-order chi connectivity index (χ0) is 25.2. The summed E-state index contributed by atoms with van der Waals surface area (Å²) in [6, 6.07) is 13.7. The van der Waals surface area contributed by atoms with Crippen LogP contribution in [0.4, 0.5) is 9.18 Å². The Bertz CT molecular complexity index is 1050. The summed E-state index contributed by atoms with van der Waals surface area (Å²) in [7, 11) is 0. The van der Waals surface area contributed by atoms with Crippen LogP contribution in [0.25, 0.3) is 0 Å². The third-order valence-electron chi connectivity index (χ3n) is 5.55. The number of amides is 2. The lowest BCUT2D eigenvalue weighted by molar-refractivity contribution is -0.140. The van der Waals surface area contributed by atoms with Crippen molar-refractivity contribution in [2.75, 3.05) is 13.2 Å². The largest absolute Gasteiger partial charge is 0.481 e. The number of hydrogen-bond acceptors (Lipinski definition) is 6. The minimum Gasteiger partial charge on any atom is -0.481 e. The lowest BCUT2D eigenvalue weighted by Gasteiger charge is -2.34. The van der Waals surface area contributed by atoms with E-state index in [1.807, 2.05) is 18.2 Å². The number of ketones is 1. The van der Waals surface area contributed by atoms with Gasteiger partial charge < -0.3 is 19.9 Å². The lowest BCUT2D eigenvalue weighted by Crippen LogP contribution is -2.55. The van der Waals surface area contributed by atoms with Crippen LogP contribution in [0.3, 0.4) is 0 Å². The van der Waals surface area contributed by atoms with Gasteiger partial charge in [0.1, 0.15) is 36.9 Å². The fraction of sp³-hybridized carbons (Fsp3) is 0.360. The number of Topliss-reactive ketones (excluding diaryl/α,β-unsaturated/α-hetero) is 1. The topological polar surface area (TPSA) is 122 Å². The summed E-state index contributed by atoms with van der Waals surface area (Å²) in [5.41, 5.74) is 0.623. The van der Waals surface area contributed by atoms with E-state index in [9.17, 15) is 23.6 Å². The van der Waals surface area contributed by atoms with Crippen molar-refractivity contribution in [3.63, 3.8) is 0 Å². The highest BCUT2D eigenvalue weighted by molar-refractivity contribution is 5.94. The van der Waals surface area contributed by atoms with Gasteiger partial charge in [-0.15, -0.1) is 0 Å². The van der Waals surface area contributed by atoms with E-state index >= 15 is 0 Å².